The highest BCUT2D eigenvalue weighted by molar-refractivity contribution is 5.70. The molecule has 0 fully saturated rings. The topological polar surface area (TPSA) is 75.8 Å². The number of alkyl halides is 3. The number of nitrogens with zero attached hydrogens (tertiary/aromatic N) is 1. The van der Waals surface area contributed by atoms with E-state index in [1.807, 2.05) is 0 Å². The van der Waals surface area contributed by atoms with Crippen LogP contribution in [0.25, 0.3) is 0 Å². The third-order valence-corrected chi connectivity index (χ3v) is 1.95. The standard InChI is InChI=1S/C9H8F3N3/c10-9(11,12)6-1-2-7(14)8(15)5(6)3-4-13/h1-2H,3,14-15H2. The van der Waals surface area contributed by atoms with E-state index in [-0.39, 0.29) is 16.9 Å². The minimum atomic E-state index is -4.52. The zero-order chi connectivity index (χ0) is 11.6. The lowest BCUT2D eigenvalue weighted by atomic mass is 10.0. The van der Waals surface area contributed by atoms with E-state index >= 15 is 0 Å². The van der Waals surface area contributed by atoms with Crippen molar-refractivity contribution in [2.24, 2.45) is 0 Å². The quantitative estimate of drug-likeness (QED) is 0.703. The van der Waals surface area contributed by atoms with Gasteiger partial charge in [-0.1, -0.05) is 0 Å². The van der Waals surface area contributed by atoms with Gasteiger partial charge in [-0.25, -0.2) is 0 Å². The average Bonchev–Trinajstić information content (AvgIpc) is 2.11. The Bertz CT molecular complexity index is 418. The second kappa shape index (κ2) is 3.69. The van der Waals surface area contributed by atoms with E-state index in [1.54, 1.807) is 6.07 Å². The van der Waals surface area contributed by atoms with E-state index in [0.29, 0.717) is 0 Å². The van der Waals surface area contributed by atoms with Crippen LogP contribution in [0.2, 0.25) is 0 Å². The summed E-state index contributed by atoms with van der Waals surface area (Å²) in [7, 11) is 0. The Morgan fingerprint density at radius 1 is 1.27 bits per heavy atom. The molecule has 0 aliphatic heterocycles. The number of nitriles is 1. The van der Waals surface area contributed by atoms with Crippen molar-refractivity contribution in [1.82, 2.24) is 0 Å². The first kappa shape index (κ1) is 11.2. The van der Waals surface area contributed by atoms with Gasteiger partial charge in [-0.2, -0.15) is 18.4 Å². The van der Waals surface area contributed by atoms with Gasteiger partial charge in [0.15, 0.2) is 0 Å². The zero-order valence-corrected chi connectivity index (χ0v) is 7.60. The molecule has 0 atom stereocenters. The molecule has 0 aromatic heterocycles. The van der Waals surface area contributed by atoms with Gasteiger partial charge in [-0.3, -0.25) is 0 Å². The van der Waals surface area contributed by atoms with Crippen molar-refractivity contribution in [3.8, 4) is 6.07 Å². The predicted octanol–water partition coefficient (Wildman–Crippen LogP) is 1.94. The zero-order valence-electron chi connectivity index (χ0n) is 7.60. The molecule has 3 nitrogen and oxygen atoms in total. The fourth-order valence-electron chi connectivity index (χ4n) is 1.22. The number of nitrogen functional groups attached to an aromatic ring is 2. The van der Waals surface area contributed by atoms with Gasteiger partial charge in [0.05, 0.1) is 29.4 Å². The van der Waals surface area contributed by atoms with E-state index in [2.05, 4.69) is 0 Å². The molecule has 0 aliphatic rings. The minimum absolute atomic E-state index is 0.0493. The first-order valence-corrected chi connectivity index (χ1v) is 3.99. The summed E-state index contributed by atoms with van der Waals surface area (Å²) >= 11 is 0. The summed E-state index contributed by atoms with van der Waals surface area (Å²) in [5, 5.41) is 8.41. The van der Waals surface area contributed by atoms with Crippen LogP contribution < -0.4 is 11.5 Å². The lowest BCUT2D eigenvalue weighted by Gasteiger charge is -2.14. The van der Waals surface area contributed by atoms with Crippen LogP contribution in [-0.4, -0.2) is 0 Å². The normalized spacial score (nSPS) is 11.1. The minimum Gasteiger partial charge on any atom is -0.397 e. The Labute approximate surface area is 84.1 Å². The van der Waals surface area contributed by atoms with E-state index < -0.39 is 18.2 Å². The SMILES string of the molecule is N#CCc1c(C(F)(F)F)ccc(N)c1N. The second-order valence-corrected chi connectivity index (χ2v) is 2.93. The number of benzene rings is 1. The van der Waals surface area contributed by atoms with Crippen LogP contribution in [0, 0.1) is 11.3 Å². The highest BCUT2D eigenvalue weighted by Crippen LogP contribution is 2.36. The molecule has 0 amide bonds. The molecule has 1 aromatic carbocycles. The van der Waals surface area contributed by atoms with Gasteiger partial charge in [0.2, 0.25) is 0 Å². The van der Waals surface area contributed by atoms with Crippen LogP contribution in [0.5, 0.6) is 0 Å². The molecule has 80 valence electrons. The number of rotatable bonds is 1. The molecule has 0 spiro atoms. The molecular weight excluding hydrogens is 207 g/mol. The maximum atomic E-state index is 12.5. The molecule has 0 saturated heterocycles. The summed E-state index contributed by atoms with van der Waals surface area (Å²) in [6, 6.07) is 3.54. The van der Waals surface area contributed by atoms with Crippen molar-refractivity contribution < 1.29 is 13.2 Å². The van der Waals surface area contributed by atoms with E-state index in [9.17, 15) is 13.2 Å². The van der Waals surface area contributed by atoms with Crippen LogP contribution in [0.4, 0.5) is 24.5 Å². The van der Waals surface area contributed by atoms with Gasteiger partial charge in [-0.05, 0) is 12.1 Å². The lowest BCUT2D eigenvalue weighted by Crippen LogP contribution is -2.12. The summed E-state index contributed by atoms with van der Waals surface area (Å²) in [5.74, 6) is 0. The maximum absolute atomic E-state index is 12.5. The number of hydrogen-bond acceptors (Lipinski definition) is 3. The summed E-state index contributed by atoms with van der Waals surface area (Å²) in [5.41, 5.74) is 9.46. The third kappa shape index (κ3) is 2.13. The lowest BCUT2D eigenvalue weighted by molar-refractivity contribution is -0.138. The Kier molecular flexibility index (Phi) is 2.75. The highest BCUT2D eigenvalue weighted by Gasteiger charge is 2.34. The molecule has 0 aliphatic carbocycles. The molecule has 0 unspecified atom stereocenters. The van der Waals surface area contributed by atoms with Gasteiger partial charge < -0.3 is 11.5 Å². The summed E-state index contributed by atoms with van der Waals surface area (Å²) in [4.78, 5) is 0. The largest absolute Gasteiger partial charge is 0.416 e. The van der Waals surface area contributed by atoms with Crippen LogP contribution in [0.1, 0.15) is 11.1 Å². The monoisotopic (exact) mass is 215 g/mol. The summed E-state index contributed by atoms with van der Waals surface area (Å²) < 4.78 is 37.4. The van der Waals surface area contributed by atoms with Gasteiger partial charge >= 0.3 is 6.18 Å². The van der Waals surface area contributed by atoms with E-state index in [4.69, 9.17) is 16.7 Å². The Hall–Kier alpha value is -1.90. The van der Waals surface area contributed by atoms with Gasteiger partial charge in [0.1, 0.15) is 0 Å². The van der Waals surface area contributed by atoms with Gasteiger partial charge in [0.25, 0.3) is 0 Å². The first-order valence-electron chi connectivity index (χ1n) is 3.99. The van der Waals surface area contributed by atoms with Crippen LogP contribution >= 0.6 is 0 Å². The molecule has 4 N–H and O–H groups in total. The van der Waals surface area contributed by atoms with Crippen molar-refractivity contribution in [3.05, 3.63) is 23.3 Å². The Balaban J connectivity index is 3.41. The van der Waals surface area contributed by atoms with Crippen molar-refractivity contribution in [3.63, 3.8) is 0 Å². The van der Waals surface area contributed by atoms with Crippen molar-refractivity contribution >= 4 is 11.4 Å². The third-order valence-electron chi connectivity index (χ3n) is 1.95. The average molecular weight is 215 g/mol. The van der Waals surface area contributed by atoms with Gasteiger partial charge in [0, 0.05) is 5.56 Å². The Morgan fingerprint density at radius 3 is 2.33 bits per heavy atom. The van der Waals surface area contributed by atoms with Crippen LogP contribution in [0.15, 0.2) is 12.1 Å². The molecule has 0 saturated carbocycles. The first-order chi connectivity index (χ1) is 6.88. The molecule has 1 rings (SSSR count). The maximum Gasteiger partial charge on any atom is 0.416 e. The number of halogens is 3. The number of hydrogen-bond donors (Lipinski definition) is 2. The molecule has 0 heterocycles. The fourth-order valence-corrected chi connectivity index (χ4v) is 1.22. The number of anilines is 2. The summed E-state index contributed by atoms with van der Waals surface area (Å²) in [6.45, 7) is 0. The van der Waals surface area contributed by atoms with E-state index in [1.165, 1.54) is 0 Å². The van der Waals surface area contributed by atoms with Crippen molar-refractivity contribution in [1.29, 1.82) is 5.26 Å². The Morgan fingerprint density at radius 2 is 1.87 bits per heavy atom. The highest BCUT2D eigenvalue weighted by atomic mass is 19.4. The summed E-state index contributed by atoms with van der Waals surface area (Å²) in [6.07, 6.45) is -4.93. The predicted molar refractivity (Wildman–Crippen MR) is 49.6 cm³/mol. The van der Waals surface area contributed by atoms with Crippen molar-refractivity contribution in [2.75, 3.05) is 11.5 Å². The van der Waals surface area contributed by atoms with E-state index in [0.717, 1.165) is 12.1 Å². The molecule has 1 aromatic rings. The van der Waals surface area contributed by atoms with Gasteiger partial charge in [-0.15, -0.1) is 0 Å². The molecule has 0 bridgehead atoms. The van der Waals surface area contributed by atoms with Crippen LogP contribution in [0.3, 0.4) is 0 Å². The molecule has 0 radical (unpaired) electrons. The smallest absolute Gasteiger partial charge is 0.397 e. The second-order valence-electron chi connectivity index (χ2n) is 2.93. The van der Waals surface area contributed by atoms with Crippen molar-refractivity contribution in [2.45, 2.75) is 12.6 Å². The molecule has 6 heteroatoms. The number of nitrogens with two attached hydrogens (primary N) is 2. The molecular formula is C9H8F3N3. The molecule has 15 heavy (non-hydrogen) atoms. The van der Waals surface area contributed by atoms with Crippen LogP contribution in [-0.2, 0) is 12.6 Å². The fraction of sp³-hybridized carbons (Fsp3) is 0.222.